The number of carbonyl (C=O) groups is 1. The van der Waals surface area contributed by atoms with Crippen molar-refractivity contribution < 1.29 is 9.53 Å². The van der Waals surface area contributed by atoms with Crippen molar-refractivity contribution in [1.29, 1.82) is 0 Å². The van der Waals surface area contributed by atoms with E-state index in [-0.39, 0.29) is 16.8 Å². The Morgan fingerprint density at radius 2 is 2.09 bits per heavy atom. The monoisotopic (exact) mass is 302 g/mol. The van der Waals surface area contributed by atoms with Crippen LogP contribution in [-0.4, -0.2) is 11.4 Å². The second-order valence-electron chi connectivity index (χ2n) is 8.14. The molecule has 1 heterocycles. The molecule has 0 aromatic heterocycles. The molecule has 2 nitrogen and oxygen atoms in total. The van der Waals surface area contributed by atoms with E-state index in [1.54, 1.807) is 0 Å². The van der Waals surface area contributed by atoms with E-state index >= 15 is 0 Å². The molecule has 0 saturated carbocycles. The van der Waals surface area contributed by atoms with Crippen molar-refractivity contribution in [3.8, 4) is 0 Å². The average Bonchev–Trinajstić information content (AvgIpc) is 2.45. The predicted molar refractivity (Wildman–Crippen MR) is 89.3 cm³/mol. The zero-order valence-corrected chi connectivity index (χ0v) is 14.7. The van der Waals surface area contributed by atoms with Gasteiger partial charge in [-0.05, 0) is 62.5 Å². The van der Waals surface area contributed by atoms with Crippen molar-refractivity contribution in [2.24, 2.45) is 29.1 Å². The van der Waals surface area contributed by atoms with Crippen LogP contribution in [0, 0.1) is 29.1 Å². The molecule has 0 aromatic carbocycles. The smallest absolute Gasteiger partial charge is 0.166 e. The fourth-order valence-corrected chi connectivity index (χ4v) is 4.75. The Morgan fingerprint density at radius 1 is 1.36 bits per heavy atom. The molecule has 0 aromatic rings. The lowest BCUT2D eigenvalue weighted by molar-refractivity contribution is -0.237. The van der Waals surface area contributed by atoms with Gasteiger partial charge in [-0.1, -0.05) is 33.8 Å². The van der Waals surface area contributed by atoms with Gasteiger partial charge in [-0.25, -0.2) is 0 Å². The van der Waals surface area contributed by atoms with E-state index in [2.05, 4.69) is 46.8 Å². The maximum Gasteiger partial charge on any atom is 0.166 e. The van der Waals surface area contributed by atoms with E-state index in [1.807, 2.05) is 6.08 Å². The zero-order chi connectivity index (χ0) is 16.1. The average molecular weight is 302 g/mol. The Balaban J connectivity index is 1.97. The highest BCUT2D eigenvalue weighted by Crippen LogP contribution is 2.66. The fraction of sp³-hybridized carbons (Fsp3) is 0.750. The minimum Gasteiger partial charge on any atom is -0.490 e. The van der Waals surface area contributed by atoms with Gasteiger partial charge >= 0.3 is 0 Å². The van der Waals surface area contributed by atoms with Crippen LogP contribution in [-0.2, 0) is 9.53 Å². The summed E-state index contributed by atoms with van der Waals surface area (Å²) in [6.45, 7) is 11.2. The van der Waals surface area contributed by atoms with Gasteiger partial charge < -0.3 is 4.74 Å². The summed E-state index contributed by atoms with van der Waals surface area (Å²) in [6, 6.07) is 0. The van der Waals surface area contributed by atoms with E-state index in [4.69, 9.17) is 4.74 Å². The van der Waals surface area contributed by atoms with Crippen LogP contribution in [0.5, 0.6) is 0 Å². The lowest BCUT2D eigenvalue weighted by Crippen LogP contribution is -2.68. The Morgan fingerprint density at radius 3 is 2.68 bits per heavy atom. The van der Waals surface area contributed by atoms with Gasteiger partial charge in [0.1, 0.15) is 11.4 Å². The summed E-state index contributed by atoms with van der Waals surface area (Å²) in [6.07, 6.45) is 10.6. The van der Waals surface area contributed by atoms with Gasteiger partial charge in [-0.2, -0.15) is 0 Å². The number of rotatable bonds is 3. The van der Waals surface area contributed by atoms with Crippen molar-refractivity contribution in [1.82, 2.24) is 0 Å². The van der Waals surface area contributed by atoms with Crippen LogP contribution in [0.15, 0.2) is 24.0 Å². The van der Waals surface area contributed by atoms with Gasteiger partial charge in [-0.3, -0.25) is 4.79 Å². The molecule has 5 unspecified atom stereocenters. The molecule has 3 aliphatic rings. The summed E-state index contributed by atoms with van der Waals surface area (Å²) in [7, 11) is 0. The summed E-state index contributed by atoms with van der Waals surface area (Å²) in [5, 5.41) is 0. The summed E-state index contributed by atoms with van der Waals surface area (Å²) < 4.78 is 6.32. The van der Waals surface area contributed by atoms with Crippen molar-refractivity contribution >= 4 is 5.78 Å². The molecule has 0 radical (unpaired) electrons. The Bertz CT molecular complexity index is 530. The Hall–Kier alpha value is -1.05. The van der Waals surface area contributed by atoms with Crippen molar-refractivity contribution in [2.45, 2.75) is 65.9 Å². The third kappa shape index (κ3) is 2.02. The SMILES string of the molecule is CCC1C=CC(=O)C2(C)C=C3OC(C(C)C(C)C)(CCC1)C32. The van der Waals surface area contributed by atoms with Crippen molar-refractivity contribution in [3.05, 3.63) is 24.0 Å². The third-order valence-corrected chi connectivity index (χ3v) is 6.61. The minimum atomic E-state index is -0.344. The molecule has 0 bridgehead atoms. The van der Waals surface area contributed by atoms with Gasteiger partial charge in [0.05, 0.1) is 11.3 Å². The van der Waals surface area contributed by atoms with E-state index in [9.17, 15) is 4.79 Å². The van der Waals surface area contributed by atoms with Crippen LogP contribution in [0.3, 0.4) is 0 Å². The van der Waals surface area contributed by atoms with Crippen molar-refractivity contribution in [2.75, 3.05) is 0 Å². The molecule has 3 rings (SSSR count). The number of hydrogen-bond donors (Lipinski definition) is 0. The molecule has 22 heavy (non-hydrogen) atoms. The maximum atomic E-state index is 12.8. The molecule has 1 fully saturated rings. The minimum absolute atomic E-state index is 0.119. The highest BCUT2D eigenvalue weighted by Gasteiger charge is 2.69. The molecule has 2 heteroatoms. The molecule has 1 saturated heterocycles. The number of ether oxygens (including phenoxy) is 1. The highest BCUT2D eigenvalue weighted by atomic mass is 16.5. The molecule has 0 spiro atoms. The molecule has 5 atom stereocenters. The summed E-state index contributed by atoms with van der Waals surface area (Å²) in [5.41, 5.74) is -0.463. The standard InChI is InChI=1S/C20H30O2/c1-6-15-8-7-11-20(14(4)13(2)3)18-16(22-20)12-19(18,5)17(21)10-9-15/h9-10,12-15,18H,6-8,11H2,1-5H3. The number of allylic oxidation sites excluding steroid dienone is 3. The van der Waals surface area contributed by atoms with Crippen LogP contribution in [0.4, 0.5) is 0 Å². The van der Waals surface area contributed by atoms with E-state index in [1.165, 1.54) is 12.8 Å². The first-order valence-electron chi connectivity index (χ1n) is 8.99. The number of hydrogen-bond acceptors (Lipinski definition) is 2. The first kappa shape index (κ1) is 15.8. The number of ketones is 1. The second-order valence-corrected chi connectivity index (χ2v) is 8.14. The van der Waals surface area contributed by atoms with E-state index < -0.39 is 0 Å². The molecule has 1 aliphatic heterocycles. The van der Waals surface area contributed by atoms with Crippen LogP contribution >= 0.6 is 0 Å². The molecule has 0 amide bonds. The highest BCUT2D eigenvalue weighted by molar-refractivity contribution is 5.98. The molecule has 2 aliphatic carbocycles. The summed E-state index contributed by atoms with van der Waals surface area (Å²) >= 11 is 0. The van der Waals surface area contributed by atoms with Gasteiger partial charge in [-0.15, -0.1) is 0 Å². The van der Waals surface area contributed by atoms with Crippen molar-refractivity contribution in [3.63, 3.8) is 0 Å². The Kier molecular flexibility index (Phi) is 3.78. The van der Waals surface area contributed by atoms with Crippen LogP contribution in [0.25, 0.3) is 0 Å². The van der Waals surface area contributed by atoms with Gasteiger partial charge in [0.15, 0.2) is 5.78 Å². The summed E-state index contributed by atoms with van der Waals surface area (Å²) in [4.78, 5) is 12.8. The van der Waals surface area contributed by atoms with E-state index in [0.29, 0.717) is 23.7 Å². The van der Waals surface area contributed by atoms with Crippen LogP contribution in [0.2, 0.25) is 0 Å². The van der Waals surface area contributed by atoms with Crippen LogP contribution < -0.4 is 0 Å². The van der Waals surface area contributed by atoms with Gasteiger partial charge in [0, 0.05) is 0 Å². The third-order valence-electron chi connectivity index (χ3n) is 6.61. The Labute approximate surface area is 135 Å². The first-order valence-corrected chi connectivity index (χ1v) is 8.99. The molecular weight excluding hydrogens is 272 g/mol. The zero-order valence-electron chi connectivity index (χ0n) is 14.7. The number of carbonyl (C=O) groups excluding carboxylic acids is 1. The first-order chi connectivity index (χ1) is 10.3. The lowest BCUT2D eigenvalue weighted by Gasteiger charge is -2.65. The van der Waals surface area contributed by atoms with Crippen LogP contribution in [0.1, 0.15) is 60.3 Å². The van der Waals surface area contributed by atoms with E-state index in [0.717, 1.165) is 18.6 Å². The molecule has 122 valence electrons. The quantitative estimate of drug-likeness (QED) is 0.741. The summed E-state index contributed by atoms with van der Waals surface area (Å²) in [5.74, 6) is 3.22. The largest absolute Gasteiger partial charge is 0.490 e. The second kappa shape index (κ2) is 5.25. The fourth-order valence-electron chi connectivity index (χ4n) is 4.75. The maximum absolute atomic E-state index is 12.8. The predicted octanol–water partition coefficient (Wildman–Crippen LogP) is 4.90. The van der Waals surface area contributed by atoms with Gasteiger partial charge in [0.25, 0.3) is 0 Å². The lowest BCUT2D eigenvalue weighted by atomic mass is 9.49. The molecular formula is C20H30O2. The molecule has 0 N–H and O–H groups in total. The normalized spacial score (nSPS) is 41.7. The topological polar surface area (TPSA) is 26.3 Å². The van der Waals surface area contributed by atoms with Gasteiger partial charge in [0.2, 0.25) is 0 Å².